The van der Waals surface area contributed by atoms with Gasteiger partial charge in [-0.2, -0.15) is 0 Å². The van der Waals surface area contributed by atoms with Crippen molar-refractivity contribution in [3.05, 3.63) is 70.1 Å². The fourth-order valence-corrected chi connectivity index (χ4v) is 6.48. The van der Waals surface area contributed by atoms with Crippen molar-refractivity contribution in [1.82, 2.24) is 10.2 Å². The van der Waals surface area contributed by atoms with E-state index in [2.05, 4.69) is 40.5 Å². The lowest BCUT2D eigenvalue weighted by Gasteiger charge is -2.49. The molecule has 2 saturated heterocycles. The first-order valence-corrected chi connectivity index (χ1v) is 11.7. The third-order valence-corrected chi connectivity index (χ3v) is 8.08. The van der Waals surface area contributed by atoms with Crippen LogP contribution in [0, 0.1) is 0 Å². The topological polar surface area (TPSA) is 32.3 Å². The number of thiophene rings is 1. The van der Waals surface area contributed by atoms with Crippen molar-refractivity contribution in [2.24, 2.45) is 0 Å². The predicted molar refractivity (Wildman–Crippen MR) is 121 cm³/mol. The van der Waals surface area contributed by atoms with E-state index in [-0.39, 0.29) is 11.9 Å². The van der Waals surface area contributed by atoms with Crippen molar-refractivity contribution < 1.29 is 4.79 Å². The molecule has 3 heterocycles. The molecule has 29 heavy (non-hydrogen) atoms. The van der Waals surface area contributed by atoms with E-state index in [0.717, 1.165) is 29.5 Å². The second-order valence-corrected chi connectivity index (χ2v) is 9.71. The molecule has 3 nitrogen and oxygen atoms in total. The SMILES string of the molecule is O=C(NC1C[C@H]2CCC[C@@H](C1)N2Cc1ccccc1)c1sc2ccccc2c1Cl. The number of rotatable bonds is 4. The summed E-state index contributed by atoms with van der Waals surface area (Å²) in [5, 5.41) is 4.87. The number of fused-ring (bicyclic) bond motifs is 3. The third-order valence-electron chi connectivity index (χ3n) is 6.41. The summed E-state index contributed by atoms with van der Waals surface area (Å²) in [6.07, 6.45) is 5.79. The first-order valence-electron chi connectivity index (χ1n) is 10.5. The Morgan fingerprint density at radius 1 is 1.03 bits per heavy atom. The lowest BCUT2D eigenvalue weighted by atomic mass is 9.81. The number of carbonyl (C=O) groups excluding carboxylic acids is 1. The molecule has 0 spiro atoms. The molecule has 1 amide bonds. The maximum absolute atomic E-state index is 13.0. The minimum Gasteiger partial charge on any atom is -0.348 e. The highest BCUT2D eigenvalue weighted by atomic mass is 35.5. The van der Waals surface area contributed by atoms with Crippen LogP contribution in [0.2, 0.25) is 5.02 Å². The van der Waals surface area contributed by atoms with Gasteiger partial charge in [0.15, 0.2) is 0 Å². The first-order chi connectivity index (χ1) is 14.2. The molecule has 5 heteroatoms. The van der Waals surface area contributed by atoms with E-state index in [9.17, 15) is 4.79 Å². The van der Waals surface area contributed by atoms with Gasteiger partial charge in [0.1, 0.15) is 4.88 Å². The van der Waals surface area contributed by atoms with E-state index in [1.54, 1.807) is 0 Å². The van der Waals surface area contributed by atoms with Gasteiger partial charge in [-0.25, -0.2) is 0 Å². The second-order valence-electron chi connectivity index (χ2n) is 8.28. The summed E-state index contributed by atoms with van der Waals surface area (Å²) in [4.78, 5) is 16.3. The van der Waals surface area contributed by atoms with Gasteiger partial charge < -0.3 is 5.32 Å². The van der Waals surface area contributed by atoms with Crippen molar-refractivity contribution >= 4 is 38.9 Å². The summed E-state index contributed by atoms with van der Waals surface area (Å²) in [5.74, 6) is -0.0178. The zero-order valence-electron chi connectivity index (χ0n) is 16.3. The molecule has 2 aliphatic rings. The van der Waals surface area contributed by atoms with Crippen molar-refractivity contribution in [2.45, 2.75) is 56.8 Å². The minimum atomic E-state index is -0.0178. The summed E-state index contributed by atoms with van der Waals surface area (Å²) in [6.45, 7) is 1.01. The van der Waals surface area contributed by atoms with Crippen molar-refractivity contribution in [3.8, 4) is 0 Å². The minimum absolute atomic E-state index is 0.0178. The van der Waals surface area contributed by atoms with E-state index in [1.165, 1.54) is 36.2 Å². The average molecular weight is 425 g/mol. The Bertz CT molecular complexity index is 1000. The zero-order chi connectivity index (χ0) is 19.8. The molecular weight excluding hydrogens is 400 g/mol. The van der Waals surface area contributed by atoms with Crippen molar-refractivity contribution in [1.29, 1.82) is 0 Å². The van der Waals surface area contributed by atoms with E-state index in [4.69, 9.17) is 11.6 Å². The molecule has 3 aromatic rings. The van der Waals surface area contributed by atoms with Crippen molar-refractivity contribution in [3.63, 3.8) is 0 Å². The van der Waals surface area contributed by atoms with Crippen LogP contribution in [0.1, 0.15) is 47.3 Å². The van der Waals surface area contributed by atoms with Crippen LogP contribution < -0.4 is 5.32 Å². The van der Waals surface area contributed by atoms with E-state index in [1.807, 2.05) is 24.3 Å². The maximum atomic E-state index is 13.0. The molecule has 5 rings (SSSR count). The van der Waals surface area contributed by atoms with E-state index < -0.39 is 0 Å². The standard InChI is InChI=1S/C24H25ClN2OS/c25-22-20-11-4-5-12-21(20)29-23(22)24(28)26-17-13-18-9-6-10-19(14-17)27(18)15-16-7-2-1-3-8-16/h1-5,7-8,11-12,17-19H,6,9-10,13-15H2,(H,26,28)/t17?,18-,19+. The number of benzene rings is 2. The largest absolute Gasteiger partial charge is 0.348 e. The van der Waals surface area contributed by atoms with E-state index in [0.29, 0.717) is 22.0 Å². The van der Waals surface area contributed by atoms with Gasteiger partial charge in [0, 0.05) is 34.8 Å². The Balaban J connectivity index is 1.29. The molecule has 2 aliphatic heterocycles. The number of amides is 1. The number of hydrogen-bond acceptors (Lipinski definition) is 3. The van der Waals surface area contributed by atoms with Gasteiger partial charge in [0.05, 0.1) is 5.02 Å². The smallest absolute Gasteiger partial charge is 0.263 e. The van der Waals surface area contributed by atoms with Crippen LogP contribution in [0.25, 0.3) is 10.1 Å². The van der Waals surface area contributed by atoms with Gasteiger partial charge in [-0.3, -0.25) is 9.69 Å². The Labute approximate surface area is 180 Å². The molecule has 2 bridgehead atoms. The maximum Gasteiger partial charge on any atom is 0.263 e. The van der Waals surface area contributed by atoms with Crippen LogP contribution in [0.15, 0.2) is 54.6 Å². The lowest BCUT2D eigenvalue weighted by molar-refractivity contribution is 0.0177. The first kappa shape index (κ1) is 19.1. The number of hydrogen-bond donors (Lipinski definition) is 1. The van der Waals surface area contributed by atoms with Gasteiger partial charge >= 0.3 is 0 Å². The Morgan fingerprint density at radius 3 is 2.45 bits per heavy atom. The molecule has 0 radical (unpaired) electrons. The molecule has 1 unspecified atom stereocenters. The third kappa shape index (κ3) is 3.81. The fourth-order valence-electron chi connectivity index (χ4n) is 5.06. The molecule has 150 valence electrons. The molecule has 0 aliphatic carbocycles. The van der Waals surface area contributed by atoms with Crippen LogP contribution >= 0.6 is 22.9 Å². The summed E-state index contributed by atoms with van der Waals surface area (Å²) < 4.78 is 1.07. The highest BCUT2D eigenvalue weighted by Gasteiger charge is 2.38. The molecule has 1 aromatic heterocycles. The predicted octanol–water partition coefficient (Wildman–Crippen LogP) is 5.87. The normalized spacial score (nSPS) is 24.5. The summed E-state index contributed by atoms with van der Waals surface area (Å²) >= 11 is 8.01. The molecule has 0 saturated carbocycles. The van der Waals surface area contributed by atoms with Gasteiger partial charge in [-0.1, -0.05) is 66.6 Å². The van der Waals surface area contributed by atoms with Gasteiger partial charge in [-0.05, 0) is 37.3 Å². The number of carbonyl (C=O) groups is 1. The van der Waals surface area contributed by atoms with Gasteiger partial charge in [-0.15, -0.1) is 11.3 Å². The number of halogens is 1. The van der Waals surface area contributed by atoms with Crippen LogP contribution in [-0.4, -0.2) is 28.9 Å². The zero-order valence-corrected chi connectivity index (χ0v) is 17.9. The number of piperidine rings is 2. The van der Waals surface area contributed by atoms with Crippen LogP contribution in [0.5, 0.6) is 0 Å². The summed E-state index contributed by atoms with van der Waals surface area (Å²) in [5.41, 5.74) is 1.38. The van der Waals surface area contributed by atoms with Crippen LogP contribution in [0.4, 0.5) is 0 Å². The molecule has 3 atom stereocenters. The van der Waals surface area contributed by atoms with Crippen molar-refractivity contribution in [2.75, 3.05) is 0 Å². The fraction of sp³-hybridized carbons (Fsp3) is 0.375. The molecule has 1 N–H and O–H groups in total. The second kappa shape index (κ2) is 8.10. The Hall–Kier alpha value is -1.88. The highest BCUT2D eigenvalue weighted by molar-refractivity contribution is 7.21. The highest BCUT2D eigenvalue weighted by Crippen LogP contribution is 2.37. The summed E-state index contributed by atoms with van der Waals surface area (Å²) in [6, 6.07) is 20.0. The Morgan fingerprint density at radius 2 is 1.72 bits per heavy atom. The number of nitrogens with one attached hydrogen (secondary N) is 1. The van der Waals surface area contributed by atoms with Crippen LogP contribution in [-0.2, 0) is 6.54 Å². The van der Waals surface area contributed by atoms with E-state index >= 15 is 0 Å². The van der Waals surface area contributed by atoms with Crippen LogP contribution in [0.3, 0.4) is 0 Å². The average Bonchev–Trinajstić information content (AvgIpc) is 3.06. The molecular formula is C24H25ClN2OS. The lowest BCUT2D eigenvalue weighted by Crippen LogP contribution is -2.56. The molecule has 2 aromatic carbocycles. The Kier molecular flexibility index (Phi) is 5.33. The quantitative estimate of drug-likeness (QED) is 0.568. The summed E-state index contributed by atoms with van der Waals surface area (Å²) in [7, 11) is 0. The van der Waals surface area contributed by atoms with Gasteiger partial charge in [0.25, 0.3) is 5.91 Å². The molecule has 2 fully saturated rings. The van der Waals surface area contributed by atoms with Gasteiger partial charge in [0.2, 0.25) is 0 Å². The number of nitrogens with zero attached hydrogens (tertiary/aromatic N) is 1. The monoisotopic (exact) mass is 424 g/mol.